The predicted molar refractivity (Wildman–Crippen MR) is 61.1 cm³/mol. The van der Waals surface area contributed by atoms with Crippen LogP contribution in [0.25, 0.3) is 0 Å². The van der Waals surface area contributed by atoms with Gasteiger partial charge in [0.1, 0.15) is 18.0 Å². The molecule has 0 spiro atoms. The average molecular weight is 252 g/mol. The van der Waals surface area contributed by atoms with Crippen molar-refractivity contribution in [2.45, 2.75) is 6.92 Å². The summed E-state index contributed by atoms with van der Waals surface area (Å²) in [6, 6.07) is 1.97. The maximum absolute atomic E-state index is 13.1. The Morgan fingerprint density at radius 1 is 1.59 bits per heavy atom. The van der Waals surface area contributed by atoms with E-state index in [1.165, 1.54) is 13.0 Å². The van der Waals surface area contributed by atoms with Crippen molar-refractivity contribution in [1.29, 1.82) is 0 Å². The van der Waals surface area contributed by atoms with Crippen LogP contribution in [0.1, 0.15) is 5.56 Å². The van der Waals surface area contributed by atoms with Gasteiger partial charge in [0.05, 0.1) is 11.0 Å². The fourth-order valence-corrected chi connectivity index (χ4v) is 1.13. The van der Waals surface area contributed by atoms with Crippen molar-refractivity contribution in [3.8, 4) is 0 Å². The zero-order valence-electron chi connectivity index (χ0n) is 8.36. The molecule has 0 aliphatic carbocycles. The van der Waals surface area contributed by atoms with Crippen LogP contribution < -0.4 is 5.32 Å². The summed E-state index contributed by atoms with van der Waals surface area (Å²) in [7, 11) is 0. The minimum atomic E-state index is -1.16. The van der Waals surface area contributed by atoms with Crippen LogP contribution in [0, 0.1) is 22.9 Å². The van der Waals surface area contributed by atoms with E-state index in [4.69, 9.17) is 5.11 Å². The number of hydrogen-bond acceptors (Lipinski definition) is 4. The number of aryl methyl sites for hydroxylation is 1. The quantitative estimate of drug-likeness (QED) is 0.471. The number of nitrogens with zero attached hydrogens (tertiary/aromatic N) is 1. The molecule has 2 N–H and O–H groups in total. The van der Waals surface area contributed by atoms with E-state index in [-0.39, 0.29) is 40.8 Å². The van der Waals surface area contributed by atoms with Crippen molar-refractivity contribution in [2.75, 3.05) is 11.9 Å². The first-order valence-electron chi connectivity index (χ1n) is 4.32. The Bertz CT molecular complexity index is 453. The summed E-state index contributed by atoms with van der Waals surface area (Å²) in [5, 5.41) is 21.4. The van der Waals surface area contributed by atoms with Gasteiger partial charge in [0.25, 0.3) is 5.69 Å². The molecule has 0 aliphatic rings. The van der Waals surface area contributed by atoms with E-state index in [0.29, 0.717) is 0 Å². The number of aliphatic carboxylic acids is 1. The van der Waals surface area contributed by atoms with Crippen LogP contribution in [0.5, 0.6) is 0 Å². The molecular formula is C9H10FN2NaO4. The van der Waals surface area contributed by atoms with Gasteiger partial charge in [-0.25, -0.2) is 4.39 Å². The Labute approximate surface area is 118 Å². The number of benzene rings is 1. The molecule has 1 aromatic rings. The molecule has 0 aromatic heterocycles. The van der Waals surface area contributed by atoms with E-state index in [2.05, 4.69) is 5.32 Å². The van der Waals surface area contributed by atoms with Gasteiger partial charge in [0, 0.05) is 0 Å². The third-order valence-corrected chi connectivity index (χ3v) is 1.90. The molecular weight excluding hydrogens is 242 g/mol. The summed E-state index contributed by atoms with van der Waals surface area (Å²) >= 11 is 0. The molecule has 0 bridgehead atoms. The molecule has 8 heteroatoms. The maximum atomic E-state index is 13.1. The standard InChI is InChI=1S/C9H9FN2O4.Na.H/c1-5-2-7(11-4-9(13)14)8(12(15)16)3-6(5)10;;/h2-3,11H,4H2,1H3,(H,13,14);;. The Morgan fingerprint density at radius 3 is 2.65 bits per heavy atom. The van der Waals surface area contributed by atoms with Gasteiger partial charge in [0.15, 0.2) is 0 Å². The molecule has 0 atom stereocenters. The second kappa shape index (κ2) is 6.53. The van der Waals surface area contributed by atoms with Crippen LogP contribution in [-0.2, 0) is 4.79 Å². The van der Waals surface area contributed by atoms with Crippen LogP contribution in [0.15, 0.2) is 12.1 Å². The van der Waals surface area contributed by atoms with Gasteiger partial charge in [0.2, 0.25) is 0 Å². The van der Waals surface area contributed by atoms with Gasteiger partial charge < -0.3 is 10.4 Å². The monoisotopic (exact) mass is 252 g/mol. The normalized spacial score (nSPS) is 9.29. The zero-order chi connectivity index (χ0) is 12.3. The Kier molecular flexibility index (Phi) is 6.08. The number of carboxylic acids is 1. The van der Waals surface area contributed by atoms with Gasteiger partial charge in [-0.1, -0.05) is 0 Å². The van der Waals surface area contributed by atoms with Crippen LogP contribution in [0.2, 0.25) is 0 Å². The fourth-order valence-electron chi connectivity index (χ4n) is 1.13. The molecule has 0 saturated heterocycles. The minimum absolute atomic E-state index is 0. The van der Waals surface area contributed by atoms with E-state index < -0.39 is 28.9 Å². The van der Waals surface area contributed by atoms with Crippen molar-refractivity contribution in [3.05, 3.63) is 33.6 Å². The van der Waals surface area contributed by atoms with Crippen LogP contribution in [0.3, 0.4) is 0 Å². The molecule has 88 valence electrons. The molecule has 0 unspecified atom stereocenters. The van der Waals surface area contributed by atoms with E-state index in [1.54, 1.807) is 0 Å². The number of carboxylic acid groups (broad SMARTS) is 1. The first kappa shape index (κ1) is 15.8. The Hall–Kier alpha value is -1.18. The summed E-state index contributed by atoms with van der Waals surface area (Å²) in [4.78, 5) is 20.1. The third kappa shape index (κ3) is 4.29. The van der Waals surface area contributed by atoms with E-state index in [0.717, 1.165) is 6.07 Å². The van der Waals surface area contributed by atoms with Gasteiger partial charge >= 0.3 is 35.5 Å². The first-order valence-corrected chi connectivity index (χ1v) is 4.32. The number of halogens is 1. The molecule has 0 saturated carbocycles. The summed E-state index contributed by atoms with van der Waals surface area (Å²) in [6.07, 6.45) is 0. The summed E-state index contributed by atoms with van der Waals surface area (Å²) < 4.78 is 13.1. The van der Waals surface area contributed by atoms with Gasteiger partial charge in [-0.05, 0) is 18.6 Å². The number of nitro benzene ring substituents is 1. The average Bonchev–Trinajstić information content (AvgIpc) is 2.18. The van der Waals surface area contributed by atoms with Crippen molar-refractivity contribution in [2.24, 2.45) is 0 Å². The molecule has 1 aromatic carbocycles. The van der Waals surface area contributed by atoms with Crippen LogP contribution >= 0.6 is 0 Å². The number of carbonyl (C=O) groups is 1. The van der Waals surface area contributed by atoms with Crippen molar-refractivity contribution in [1.82, 2.24) is 0 Å². The van der Waals surface area contributed by atoms with Crippen LogP contribution in [0.4, 0.5) is 15.8 Å². The topological polar surface area (TPSA) is 92.5 Å². The van der Waals surface area contributed by atoms with E-state index in [9.17, 15) is 19.3 Å². The Balaban J connectivity index is 0.00000256. The second-order valence-corrected chi connectivity index (χ2v) is 3.12. The van der Waals surface area contributed by atoms with Crippen LogP contribution in [-0.4, -0.2) is 52.1 Å². The molecule has 1 rings (SSSR count). The third-order valence-electron chi connectivity index (χ3n) is 1.90. The number of anilines is 1. The number of rotatable bonds is 4. The number of hydrogen-bond donors (Lipinski definition) is 2. The second-order valence-electron chi connectivity index (χ2n) is 3.12. The summed E-state index contributed by atoms with van der Waals surface area (Å²) in [6.45, 7) is 0.969. The molecule has 0 fully saturated rings. The molecule has 0 aliphatic heterocycles. The molecule has 17 heavy (non-hydrogen) atoms. The van der Waals surface area contributed by atoms with Crippen molar-refractivity contribution >= 4 is 46.9 Å². The van der Waals surface area contributed by atoms with E-state index in [1.807, 2.05) is 0 Å². The van der Waals surface area contributed by atoms with E-state index >= 15 is 0 Å². The first-order chi connectivity index (χ1) is 7.41. The van der Waals surface area contributed by atoms with Crippen molar-refractivity contribution in [3.63, 3.8) is 0 Å². The molecule has 0 heterocycles. The number of nitrogens with one attached hydrogen (secondary N) is 1. The molecule has 6 nitrogen and oxygen atoms in total. The predicted octanol–water partition coefficient (Wildman–Crippen LogP) is 0.890. The van der Waals surface area contributed by atoms with Crippen molar-refractivity contribution < 1.29 is 19.2 Å². The number of nitro groups is 1. The SMILES string of the molecule is Cc1cc(NCC(=O)O)c([N+](=O)[O-])cc1F.[NaH]. The van der Waals surface area contributed by atoms with Gasteiger partial charge in [-0.15, -0.1) is 0 Å². The zero-order valence-corrected chi connectivity index (χ0v) is 8.36. The fraction of sp³-hybridized carbons (Fsp3) is 0.222. The molecule has 0 radical (unpaired) electrons. The van der Waals surface area contributed by atoms with Gasteiger partial charge in [-0.3, -0.25) is 14.9 Å². The van der Waals surface area contributed by atoms with Gasteiger partial charge in [-0.2, -0.15) is 0 Å². The summed E-state index contributed by atoms with van der Waals surface area (Å²) in [5.74, 6) is -1.86. The summed E-state index contributed by atoms with van der Waals surface area (Å²) in [5.41, 5.74) is -0.283. The molecule has 0 amide bonds. The Morgan fingerprint density at radius 2 is 2.18 bits per heavy atom.